The van der Waals surface area contributed by atoms with E-state index < -0.39 is 9.84 Å². The number of thioether (sulfide) groups is 1. The van der Waals surface area contributed by atoms with Crippen LogP contribution in [0.2, 0.25) is 0 Å². The molecule has 2 aromatic rings. The molecule has 3 rings (SSSR count). The van der Waals surface area contributed by atoms with Crippen LogP contribution in [0.25, 0.3) is 0 Å². The molecular formula is C19H20FNO3S2. The lowest BCUT2D eigenvalue weighted by Crippen LogP contribution is -2.27. The second-order valence-corrected chi connectivity index (χ2v) is 9.96. The van der Waals surface area contributed by atoms with Crippen LogP contribution in [0.3, 0.4) is 0 Å². The molecular weight excluding hydrogens is 373 g/mol. The van der Waals surface area contributed by atoms with Crippen LogP contribution in [-0.2, 0) is 9.84 Å². The van der Waals surface area contributed by atoms with Crippen LogP contribution in [0, 0.1) is 5.82 Å². The normalized spacial score (nSPS) is 19.8. The van der Waals surface area contributed by atoms with Crippen LogP contribution in [-0.4, -0.2) is 31.1 Å². The summed E-state index contributed by atoms with van der Waals surface area (Å²) in [5.74, 6) is -0.188. The Morgan fingerprint density at radius 2 is 1.88 bits per heavy atom. The second kappa shape index (κ2) is 7.80. The second-order valence-electron chi connectivity index (χ2n) is 6.39. The zero-order valence-corrected chi connectivity index (χ0v) is 15.9. The van der Waals surface area contributed by atoms with Crippen molar-refractivity contribution in [3.63, 3.8) is 0 Å². The van der Waals surface area contributed by atoms with Crippen LogP contribution < -0.4 is 5.32 Å². The molecule has 7 heteroatoms. The van der Waals surface area contributed by atoms with Gasteiger partial charge >= 0.3 is 0 Å². The highest BCUT2D eigenvalue weighted by molar-refractivity contribution is 8.02. The summed E-state index contributed by atoms with van der Waals surface area (Å²) < 4.78 is 36.4. The summed E-state index contributed by atoms with van der Waals surface area (Å²) in [6, 6.07) is 12.9. The van der Waals surface area contributed by atoms with Crippen LogP contribution in [0.5, 0.6) is 0 Å². The first-order valence-corrected chi connectivity index (χ1v) is 11.1. The molecule has 0 bridgehead atoms. The molecule has 1 aliphatic heterocycles. The Balaban J connectivity index is 1.72. The SMILES string of the molecule is C[C@H](NC(=O)c1ccccc1S[C@@H]1CCS(=O)(=O)C1)c1ccc(F)cc1. The first-order valence-electron chi connectivity index (χ1n) is 8.36. The van der Waals surface area contributed by atoms with Gasteiger partial charge < -0.3 is 5.32 Å². The van der Waals surface area contributed by atoms with E-state index in [1.54, 1.807) is 24.3 Å². The molecule has 1 heterocycles. The van der Waals surface area contributed by atoms with Crippen LogP contribution in [0.4, 0.5) is 4.39 Å². The largest absolute Gasteiger partial charge is 0.345 e. The first kappa shape index (κ1) is 18.9. The third-order valence-corrected chi connectivity index (χ3v) is 7.66. The van der Waals surface area contributed by atoms with Gasteiger partial charge in [-0.05, 0) is 43.2 Å². The summed E-state index contributed by atoms with van der Waals surface area (Å²) in [7, 11) is -2.96. The first-order chi connectivity index (χ1) is 12.3. The van der Waals surface area contributed by atoms with Gasteiger partial charge in [0.05, 0.1) is 23.1 Å². The Morgan fingerprint density at radius 1 is 1.19 bits per heavy atom. The van der Waals surface area contributed by atoms with E-state index in [9.17, 15) is 17.6 Å². The van der Waals surface area contributed by atoms with E-state index in [1.165, 1.54) is 23.9 Å². The minimum Gasteiger partial charge on any atom is -0.345 e. The van der Waals surface area contributed by atoms with Gasteiger partial charge in [0.2, 0.25) is 0 Å². The Morgan fingerprint density at radius 3 is 2.54 bits per heavy atom. The lowest BCUT2D eigenvalue weighted by atomic mass is 10.1. The third kappa shape index (κ3) is 4.65. The number of sulfone groups is 1. The Hall–Kier alpha value is -1.86. The molecule has 138 valence electrons. The van der Waals surface area contributed by atoms with Crippen molar-refractivity contribution in [3.05, 3.63) is 65.5 Å². The molecule has 0 unspecified atom stereocenters. The number of benzene rings is 2. The van der Waals surface area contributed by atoms with E-state index in [2.05, 4.69) is 5.32 Å². The number of nitrogens with one attached hydrogen (secondary N) is 1. The third-order valence-electron chi connectivity index (χ3n) is 4.33. The van der Waals surface area contributed by atoms with Gasteiger partial charge in [-0.3, -0.25) is 4.79 Å². The molecule has 0 saturated carbocycles. The van der Waals surface area contributed by atoms with E-state index >= 15 is 0 Å². The van der Waals surface area contributed by atoms with Gasteiger partial charge in [-0.15, -0.1) is 11.8 Å². The zero-order chi connectivity index (χ0) is 18.7. The van der Waals surface area contributed by atoms with Crippen molar-refractivity contribution < 1.29 is 17.6 Å². The summed E-state index contributed by atoms with van der Waals surface area (Å²) >= 11 is 1.44. The molecule has 1 aliphatic rings. The quantitative estimate of drug-likeness (QED) is 0.843. The van der Waals surface area contributed by atoms with Gasteiger partial charge in [0.15, 0.2) is 9.84 Å². The lowest BCUT2D eigenvalue weighted by Gasteiger charge is -2.17. The number of carbonyl (C=O) groups excluding carboxylic acids is 1. The van der Waals surface area contributed by atoms with Crippen LogP contribution in [0.15, 0.2) is 53.4 Å². The molecule has 1 amide bonds. The van der Waals surface area contributed by atoms with E-state index in [1.807, 2.05) is 19.1 Å². The van der Waals surface area contributed by atoms with E-state index in [0.717, 1.165) is 10.5 Å². The number of carbonyl (C=O) groups is 1. The summed E-state index contributed by atoms with van der Waals surface area (Å²) in [6.45, 7) is 1.84. The van der Waals surface area contributed by atoms with Gasteiger partial charge in [-0.25, -0.2) is 12.8 Å². The van der Waals surface area contributed by atoms with Crippen LogP contribution in [0.1, 0.15) is 35.3 Å². The zero-order valence-electron chi connectivity index (χ0n) is 14.3. The molecule has 0 aliphatic carbocycles. The number of halogens is 1. The number of amides is 1. The maximum absolute atomic E-state index is 13.0. The molecule has 1 N–H and O–H groups in total. The minimum absolute atomic E-state index is 0.0246. The smallest absolute Gasteiger partial charge is 0.252 e. The van der Waals surface area contributed by atoms with E-state index in [4.69, 9.17) is 0 Å². The summed E-state index contributed by atoms with van der Waals surface area (Å²) in [6.07, 6.45) is 0.606. The Kier molecular flexibility index (Phi) is 5.67. The van der Waals surface area contributed by atoms with Crippen molar-refractivity contribution in [1.82, 2.24) is 5.32 Å². The summed E-state index contributed by atoms with van der Waals surface area (Å²) in [5.41, 5.74) is 1.34. The summed E-state index contributed by atoms with van der Waals surface area (Å²) in [4.78, 5) is 13.5. The minimum atomic E-state index is -2.96. The monoisotopic (exact) mass is 393 g/mol. The van der Waals surface area contributed by atoms with Crippen molar-refractivity contribution >= 4 is 27.5 Å². The highest BCUT2D eigenvalue weighted by Crippen LogP contribution is 2.33. The number of hydrogen-bond acceptors (Lipinski definition) is 4. The number of hydrogen-bond donors (Lipinski definition) is 1. The van der Waals surface area contributed by atoms with Gasteiger partial charge in [0, 0.05) is 10.1 Å². The fourth-order valence-electron chi connectivity index (χ4n) is 2.90. The van der Waals surface area contributed by atoms with E-state index in [0.29, 0.717) is 12.0 Å². The van der Waals surface area contributed by atoms with Crippen molar-refractivity contribution in [1.29, 1.82) is 0 Å². The molecule has 1 fully saturated rings. The molecule has 26 heavy (non-hydrogen) atoms. The average Bonchev–Trinajstić information content (AvgIpc) is 2.94. The van der Waals surface area contributed by atoms with Crippen molar-refractivity contribution in [2.75, 3.05) is 11.5 Å². The highest BCUT2D eigenvalue weighted by Gasteiger charge is 2.29. The van der Waals surface area contributed by atoms with Crippen molar-refractivity contribution in [3.8, 4) is 0 Å². The summed E-state index contributed by atoms with van der Waals surface area (Å²) in [5, 5.41) is 2.90. The fourth-order valence-corrected chi connectivity index (χ4v) is 6.53. The van der Waals surface area contributed by atoms with Gasteiger partial charge in [0.1, 0.15) is 5.82 Å². The van der Waals surface area contributed by atoms with Gasteiger partial charge in [-0.1, -0.05) is 24.3 Å². The molecule has 0 radical (unpaired) electrons. The van der Waals surface area contributed by atoms with Gasteiger partial charge in [0.25, 0.3) is 5.91 Å². The maximum atomic E-state index is 13.0. The van der Waals surface area contributed by atoms with Crippen LogP contribution >= 0.6 is 11.8 Å². The van der Waals surface area contributed by atoms with Crippen molar-refractivity contribution in [2.24, 2.45) is 0 Å². The fraction of sp³-hybridized carbons (Fsp3) is 0.316. The van der Waals surface area contributed by atoms with E-state index in [-0.39, 0.29) is 34.5 Å². The van der Waals surface area contributed by atoms with Crippen molar-refractivity contribution in [2.45, 2.75) is 29.5 Å². The maximum Gasteiger partial charge on any atom is 0.252 e. The van der Waals surface area contributed by atoms with Gasteiger partial charge in [-0.2, -0.15) is 0 Å². The molecule has 2 atom stereocenters. The predicted molar refractivity (Wildman–Crippen MR) is 102 cm³/mol. The lowest BCUT2D eigenvalue weighted by molar-refractivity contribution is 0.0937. The molecule has 2 aromatic carbocycles. The molecule has 1 saturated heterocycles. The molecule has 4 nitrogen and oxygen atoms in total. The predicted octanol–water partition coefficient (Wildman–Crippen LogP) is 3.60. The Labute approximate surface area is 157 Å². The Bertz CT molecular complexity index is 897. The highest BCUT2D eigenvalue weighted by atomic mass is 32.2. The topological polar surface area (TPSA) is 63.2 Å². The number of rotatable bonds is 5. The molecule has 0 aromatic heterocycles. The standard InChI is InChI=1S/C19H20FNO3S2/c1-13(14-6-8-15(20)9-7-14)21-19(22)17-4-2-3-5-18(17)25-16-10-11-26(23,24)12-16/h2-9,13,16H,10-12H2,1H3,(H,21,22)/t13-,16+/m0/s1. The average molecular weight is 394 g/mol. The molecule has 0 spiro atoms.